The van der Waals surface area contributed by atoms with Crippen molar-refractivity contribution in [3.8, 4) is 17.2 Å². The van der Waals surface area contributed by atoms with Gasteiger partial charge in [-0.05, 0) is 42.0 Å². The second kappa shape index (κ2) is 12.8. The number of hydrogen-bond donors (Lipinski definition) is 1. The van der Waals surface area contributed by atoms with Gasteiger partial charge in [-0.2, -0.15) is 0 Å². The average Bonchev–Trinajstić information content (AvgIpc) is 2.95. The normalized spacial score (nSPS) is 11.2. The van der Waals surface area contributed by atoms with Gasteiger partial charge in [0.1, 0.15) is 23.9 Å². The van der Waals surface area contributed by atoms with Crippen LogP contribution in [0.2, 0.25) is 0 Å². The highest BCUT2D eigenvalue weighted by Gasteiger charge is 2.25. The number of ether oxygens (including phenoxy) is 4. The summed E-state index contributed by atoms with van der Waals surface area (Å²) in [5.74, 6) is 0.570. The van der Waals surface area contributed by atoms with Gasteiger partial charge in [0, 0.05) is 17.3 Å². The van der Waals surface area contributed by atoms with Gasteiger partial charge in [0.05, 0.1) is 7.11 Å². The number of nitrogens with one attached hydrogen (secondary N) is 1. The maximum absolute atomic E-state index is 13.0. The smallest absolute Gasteiger partial charge is 0.345 e. The summed E-state index contributed by atoms with van der Waals surface area (Å²) in [5.41, 5.74) is 2.12. The maximum Gasteiger partial charge on any atom is 0.345 e. The Bertz CT molecular complexity index is 1290. The Kier molecular flexibility index (Phi) is 8.75. The molecule has 0 saturated carbocycles. The maximum atomic E-state index is 13.0. The first-order chi connectivity index (χ1) is 18.1. The molecule has 0 bridgehead atoms. The van der Waals surface area contributed by atoms with Gasteiger partial charge in [-0.1, -0.05) is 66.7 Å². The van der Waals surface area contributed by atoms with E-state index >= 15 is 0 Å². The van der Waals surface area contributed by atoms with Gasteiger partial charge in [0.2, 0.25) is 6.10 Å². The quantitative estimate of drug-likeness (QED) is 0.273. The summed E-state index contributed by atoms with van der Waals surface area (Å²) in [6, 6.07) is 32.5. The first kappa shape index (κ1) is 25.3. The fourth-order valence-corrected chi connectivity index (χ4v) is 3.49. The lowest BCUT2D eigenvalue weighted by atomic mass is 10.1. The molecule has 0 aliphatic carbocycles. The van der Waals surface area contributed by atoms with Crippen LogP contribution in [-0.2, 0) is 20.9 Å². The zero-order valence-corrected chi connectivity index (χ0v) is 20.3. The van der Waals surface area contributed by atoms with E-state index < -0.39 is 18.0 Å². The lowest BCUT2D eigenvalue weighted by Gasteiger charge is -2.18. The van der Waals surface area contributed by atoms with Crippen LogP contribution in [0.1, 0.15) is 17.2 Å². The lowest BCUT2D eigenvalue weighted by Crippen LogP contribution is -2.28. The molecule has 188 valence electrons. The molecule has 0 saturated heterocycles. The summed E-state index contributed by atoms with van der Waals surface area (Å²) in [4.78, 5) is 25.7. The van der Waals surface area contributed by atoms with E-state index in [1.807, 2.05) is 36.4 Å². The number of carbonyl (C=O) groups excluding carboxylic acids is 2. The summed E-state index contributed by atoms with van der Waals surface area (Å²) < 4.78 is 22.1. The topological polar surface area (TPSA) is 83.1 Å². The molecule has 0 aliphatic heterocycles. The van der Waals surface area contributed by atoms with E-state index in [0.29, 0.717) is 35.1 Å². The highest BCUT2D eigenvalue weighted by molar-refractivity contribution is 5.96. The molecule has 1 amide bonds. The number of methoxy groups -OCH3 is 1. The molecule has 4 aromatic carbocycles. The lowest BCUT2D eigenvalue weighted by molar-refractivity contribution is -0.156. The molecule has 0 spiro atoms. The van der Waals surface area contributed by atoms with Crippen molar-refractivity contribution in [3.05, 3.63) is 120 Å². The third kappa shape index (κ3) is 7.60. The van der Waals surface area contributed by atoms with E-state index in [4.69, 9.17) is 18.9 Å². The van der Waals surface area contributed by atoms with Crippen molar-refractivity contribution in [3.63, 3.8) is 0 Å². The number of carbonyl (C=O) groups is 2. The number of rotatable bonds is 11. The molecular formula is C30H27NO6. The third-order valence-electron chi connectivity index (χ3n) is 5.36. The molecule has 7 heteroatoms. The summed E-state index contributed by atoms with van der Waals surface area (Å²) in [6.07, 6.45) is -1.16. The first-order valence-corrected chi connectivity index (χ1v) is 11.7. The Labute approximate surface area is 215 Å². The fourth-order valence-electron chi connectivity index (χ4n) is 3.49. The van der Waals surface area contributed by atoms with Crippen LogP contribution in [0.5, 0.6) is 17.2 Å². The van der Waals surface area contributed by atoms with Crippen LogP contribution in [0.15, 0.2) is 109 Å². The molecule has 0 aliphatic rings. The van der Waals surface area contributed by atoms with Gasteiger partial charge >= 0.3 is 5.97 Å². The van der Waals surface area contributed by atoms with Crippen LogP contribution in [0.25, 0.3) is 0 Å². The van der Waals surface area contributed by atoms with Gasteiger partial charge in [-0.25, -0.2) is 4.79 Å². The second-order valence-electron chi connectivity index (χ2n) is 8.04. The predicted molar refractivity (Wildman–Crippen MR) is 140 cm³/mol. The van der Waals surface area contributed by atoms with Crippen molar-refractivity contribution in [2.24, 2.45) is 0 Å². The van der Waals surface area contributed by atoms with Crippen molar-refractivity contribution < 1.29 is 28.5 Å². The van der Waals surface area contributed by atoms with E-state index in [2.05, 4.69) is 5.32 Å². The van der Waals surface area contributed by atoms with Gasteiger partial charge in [-0.15, -0.1) is 0 Å². The fraction of sp³-hybridized carbons (Fsp3) is 0.133. The molecule has 7 nitrogen and oxygen atoms in total. The minimum Gasteiger partial charge on any atom is -0.497 e. The monoisotopic (exact) mass is 497 g/mol. The first-order valence-electron chi connectivity index (χ1n) is 11.7. The molecule has 0 unspecified atom stereocenters. The van der Waals surface area contributed by atoms with Crippen LogP contribution in [0.4, 0.5) is 5.69 Å². The Hall–Kier alpha value is -4.78. The minimum atomic E-state index is -1.16. The molecule has 0 radical (unpaired) electrons. The Morgan fingerprint density at radius 1 is 0.730 bits per heavy atom. The number of amides is 1. The molecule has 1 N–H and O–H groups in total. The SMILES string of the molecule is COc1cccc(NC(=O)[C@H](OC(=O)COc2ccc(OCc3ccccc3)cc2)c2ccccc2)c1. The zero-order valence-electron chi connectivity index (χ0n) is 20.3. The van der Waals surface area contributed by atoms with E-state index in [1.54, 1.807) is 79.9 Å². The minimum absolute atomic E-state index is 0.361. The van der Waals surface area contributed by atoms with E-state index in [0.717, 1.165) is 5.56 Å². The van der Waals surface area contributed by atoms with Gasteiger partial charge < -0.3 is 24.3 Å². The Morgan fingerprint density at radius 3 is 2.05 bits per heavy atom. The molecule has 37 heavy (non-hydrogen) atoms. The van der Waals surface area contributed by atoms with Crippen molar-refractivity contribution in [1.82, 2.24) is 0 Å². The molecule has 0 heterocycles. The standard InChI is InChI=1S/C30H27NO6/c1-34-27-14-8-13-24(19-27)31-30(33)29(23-11-6-3-7-12-23)37-28(32)21-36-26-17-15-25(16-18-26)35-20-22-9-4-2-5-10-22/h2-19,29H,20-21H2,1H3,(H,31,33)/t29-/m1/s1. The van der Waals surface area contributed by atoms with E-state index in [9.17, 15) is 9.59 Å². The molecule has 4 aromatic rings. The summed E-state index contributed by atoms with van der Waals surface area (Å²) in [5, 5.41) is 2.77. The predicted octanol–water partition coefficient (Wildman–Crippen LogP) is 5.58. The van der Waals surface area contributed by atoms with Gasteiger partial charge in [-0.3, -0.25) is 4.79 Å². The average molecular weight is 498 g/mol. The van der Waals surface area contributed by atoms with Crippen molar-refractivity contribution in [1.29, 1.82) is 0 Å². The highest BCUT2D eigenvalue weighted by atomic mass is 16.6. The largest absolute Gasteiger partial charge is 0.497 e. The number of hydrogen-bond acceptors (Lipinski definition) is 6. The number of benzene rings is 4. The second-order valence-corrected chi connectivity index (χ2v) is 8.04. The van der Waals surface area contributed by atoms with Gasteiger partial charge in [0.25, 0.3) is 5.91 Å². The Balaban J connectivity index is 1.34. The molecular weight excluding hydrogens is 470 g/mol. The zero-order chi connectivity index (χ0) is 25.9. The summed E-state index contributed by atoms with van der Waals surface area (Å²) in [7, 11) is 1.54. The van der Waals surface area contributed by atoms with Crippen LogP contribution in [-0.4, -0.2) is 25.6 Å². The number of esters is 1. The highest BCUT2D eigenvalue weighted by Crippen LogP contribution is 2.23. The Morgan fingerprint density at radius 2 is 1.38 bits per heavy atom. The van der Waals surface area contributed by atoms with Crippen molar-refractivity contribution >= 4 is 17.6 Å². The van der Waals surface area contributed by atoms with Crippen molar-refractivity contribution in [2.75, 3.05) is 19.0 Å². The van der Waals surface area contributed by atoms with Crippen LogP contribution in [0, 0.1) is 0 Å². The van der Waals surface area contributed by atoms with E-state index in [-0.39, 0.29) is 6.61 Å². The summed E-state index contributed by atoms with van der Waals surface area (Å²) in [6.45, 7) is 0.0893. The van der Waals surface area contributed by atoms with Crippen LogP contribution in [0.3, 0.4) is 0 Å². The van der Waals surface area contributed by atoms with Crippen molar-refractivity contribution in [2.45, 2.75) is 12.7 Å². The number of anilines is 1. The molecule has 0 fully saturated rings. The molecule has 0 aromatic heterocycles. The third-order valence-corrected chi connectivity index (χ3v) is 5.36. The van der Waals surface area contributed by atoms with E-state index in [1.165, 1.54) is 0 Å². The summed E-state index contributed by atoms with van der Waals surface area (Å²) >= 11 is 0. The van der Waals surface area contributed by atoms with Gasteiger partial charge in [0.15, 0.2) is 6.61 Å². The van der Waals surface area contributed by atoms with Crippen LogP contribution >= 0.6 is 0 Å². The van der Waals surface area contributed by atoms with Crippen LogP contribution < -0.4 is 19.5 Å². The molecule has 1 atom stereocenters. The molecule has 4 rings (SSSR count).